The van der Waals surface area contributed by atoms with Crippen LogP contribution in [0.3, 0.4) is 0 Å². The molecule has 18 heavy (non-hydrogen) atoms. The van der Waals surface area contributed by atoms with E-state index in [9.17, 15) is 0 Å². The quantitative estimate of drug-likeness (QED) is 0.598. The molecule has 1 N–H and O–H groups in total. The van der Waals surface area contributed by atoms with Gasteiger partial charge in [0.2, 0.25) is 0 Å². The van der Waals surface area contributed by atoms with Crippen LogP contribution < -0.4 is 0 Å². The molecule has 0 fully saturated rings. The van der Waals surface area contributed by atoms with E-state index in [4.69, 9.17) is 32.7 Å². The SMILES string of the molecule is Clc1ccccc1-c1ccccc1Cl.O=PO.[Ti]. The largest absolute Gasteiger partial charge is 0.324 e. The van der Waals surface area contributed by atoms with Gasteiger partial charge in [0.25, 0.3) is 0 Å². The van der Waals surface area contributed by atoms with Crippen LogP contribution >= 0.6 is 31.9 Å². The molecular formula is C12H9Cl2O2PTi. The van der Waals surface area contributed by atoms with Crippen LogP contribution in [0, 0.1) is 0 Å². The van der Waals surface area contributed by atoms with Crippen molar-refractivity contribution in [3.8, 4) is 11.1 Å². The van der Waals surface area contributed by atoms with E-state index in [2.05, 4.69) is 0 Å². The van der Waals surface area contributed by atoms with Gasteiger partial charge in [-0.1, -0.05) is 59.6 Å². The smallest absolute Gasteiger partial charge is 0.310 e. The minimum Gasteiger partial charge on any atom is -0.310 e. The van der Waals surface area contributed by atoms with Crippen LogP contribution in [0.1, 0.15) is 0 Å². The molecule has 0 amide bonds. The molecule has 6 heteroatoms. The van der Waals surface area contributed by atoms with Crippen molar-refractivity contribution in [2.45, 2.75) is 0 Å². The molecule has 0 aromatic heterocycles. The summed E-state index contributed by atoms with van der Waals surface area (Å²) in [6, 6.07) is 15.4. The molecule has 0 unspecified atom stereocenters. The standard InChI is InChI=1S/C12H8Cl2.HO2P.Ti/c13-11-7-3-1-5-9(11)10-6-2-4-8-12(10)14;1-3-2;/h1-8H;(H,1,2);. The molecule has 2 aromatic rings. The molecule has 2 aromatic carbocycles. The topological polar surface area (TPSA) is 37.3 Å². The zero-order valence-electron chi connectivity index (χ0n) is 9.18. The van der Waals surface area contributed by atoms with Crippen molar-refractivity contribution < 1.29 is 31.2 Å². The van der Waals surface area contributed by atoms with E-state index >= 15 is 0 Å². The Kier molecular flexibility index (Phi) is 9.58. The molecule has 0 saturated heterocycles. The van der Waals surface area contributed by atoms with E-state index in [1.165, 1.54) is 0 Å². The third-order valence-corrected chi connectivity index (χ3v) is 2.70. The molecule has 0 radical (unpaired) electrons. The van der Waals surface area contributed by atoms with E-state index in [0.717, 1.165) is 21.2 Å². The Bertz CT molecular complexity index is 465. The van der Waals surface area contributed by atoms with Gasteiger partial charge in [-0.3, -0.25) is 0 Å². The molecule has 0 aliphatic heterocycles. The van der Waals surface area contributed by atoms with E-state index in [1.807, 2.05) is 48.5 Å². The van der Waals surface area contributed by atoms with Gasteiger partial charge >= 0.3 is 8.69 Å². The van der Waals surface area contributed by atoms with Gasteiger partial charge in [-0.2, -0.15) is 0 Å². The van der Waals surface area contributed by atoms with Crippen LogP contribution in [-0.2, 0) is 26.3 Å². The van der Waals surface area contributed by atoms with Crippen molar-refractivity contribution in [1.29, 1.82) is 0 Å². The Morgan fingerprint density at radius 3 is 1.39 bits per heavy atom. The summed E-state index contributed by atoms with van der Waals surface area (Å²) in [4.78, 5) is 6.99. The van der Waals surface area contributed by atoms with E-state index in [1.54, 1.807) is 0 Å². The van der Waals surface area contributed by atoms with Gasteiger partial charge in [-0.05, 0) is 12.1 Å². The summed E-state index contributed by atoms with van der Waals surface area (Å²) in [5.74, 6) is 0. The second kappa shape index (κ2) is 9.69. The van der Waals surface area contributed by atoms with Gasteiger partial charge < -0.3 is 4.89 Å². The first-order valence-electron chi connectivity index (χ1n) is 4.67. The second-order valence-corrected chi connectivity index (χ2v) is 4.02. The first kappa shape index (κ1) is 17.8. The summed E-state index contributed by atoms with van der Waals surface area (Å²) < 4.78 is 8.46. The summed E-state index contributed by atoms with van der Waals surface area (Å²) in [5, 5.41) is 1.45. The van der Waals surface area contributed by atoms with Crippen molar-refractivity contribution >= 4 is 31.9 Å². The number of hydrogen-bond donors (Lipinski definition) is 1. The Balaban J connectivity index is 0.000000660. The van der Waals surface area contributed by atoms with Gasteiger partial charge in [0.05, 0.1) is 0 Å². The number of hydrogen-bond acceptors (Lipinski definition) is 1. The van der Waals surface area contributed by atoms with Crippen LogP contribution in [0.2, 0.25) is 10.0 Å². The fourth-order valence-electron chi connectivity index (χ4n) is 1.36. The second-order valence-electron chi connectivity index (χ2n) is 3.04. The average Bonchev–Trinajstić information content (AvgIpc) is 2.32. The third-order valence-electron chi connectivity index (χ3n) is 2.04. The molecular weight excluding hydrogens is 326 g/mol. The zero-order valence-corrected chi connectivity index (χ0v) is 13.1. The maximum atomic E-state index is 8.46. The number of rotatable bonds is 1. The third kappa shape index (κ3) is 5.20. The first-order chi connectivity index (χ1) is 8.20. The molecule has 2 nitrogen and oxygen atoms in total. The van der Waals surface area contributed by atoms with Gasteiger partial charge in [0, 0.05) is 42.9 Å². The number of halogens is 2. The first-order valence-corrected chi connectivity index (χ1v) is 6.19. The Hall–Kier alpha value is -0.206. The van der Waals surface area contributed by atoms with Gasteiger partial charge in [-0.15, -0.1) is 0 Å². The van der Waals surface area contributed by atoms with Gasteiger partial charge in [-0.25, -0.2) is 4.57 Å². The van der Waals surface area contributed by atoms with E-state index in [-0.39, 0.29) is 21.7 Å². The monoisotopic (exact) mass is 334 g/mol. The van der Waals surface area contributed by atoms with Crippen LogP contribution in [-0.4, -0.2) is 4.89 Å². The minimum atomic E-state index is -0.833. The normalized spacial score (nSPS) is 9.06. The van der Waals surface area contributed by atoms with E-state index in [0.29, 0.717) is 0 Å². The average molecular weight is 335 g/mol. The maximum absolute atomic E-state index is 8.46. The Morgan fingerprint density at radius 2 is 1.11 bits per heavy atom. The summed E-state index contributed by atoms with van der Waals surface area (Å²) in [6.45, 7) is 0. The van der Waals surface area contributed by atoms with Crippen LogP contribution in [0.5, 0.6) is 0 Å². The molecule has 0 saturated carbocycles. The van der Waals surface area contributed by atoms with Crippen molar-refractivity contribution in [3.05, 3.63) is 58.6 Å². The van der Waals surface area contributed by atoms with Gasteiger partial charge in [0.1, 0.15) is 0 Å². The zero-order chi connectivity index (χ0) is 12.7. The fraction of sp³-hybridized carbons (Fsp3) is 0. The molecule has 0 atom stereocenters. The molecule has 0 bridgehead atoms. The Morgan fingerprint density at radius 1 is 0.833 bits per heavy atom. The van der Waals surface area contributed by atoms with E-state index < -0.39 is 8.69 Å². The van der Waals surface area contributed by atoms with Crippen molar-refractivity contribution in [3.63, 3.8) is 0 Å². The fourth-order valence-corrected chi connectivity index (χ4v) is 1.83. The van der Waals surface area contributed by atoms with Gasteiger partial charge in [0.15, 0.2) is 0 Å². The number of benzene rings is 2. The molecule has 0 aliphatic carbocycles. The molecule has 0 spiro atoms. The molecule has 2 rings (SSSR count). The Labute approximate surface area is 132 Å². The van der Waals surface area contributed by atoms with Crippen LogP contribution in [0.4, 0.5) is 0 Å². The predicted molar refractivity (Wildman–Crippen MR) is 71.7 cm³/mol. The summed E-state index contributed by atoms with van der Waals surface area (Å²) in [7, 11) is -0.833. The van der Waals surface area contributed by atoms with Crippen LogP contribution in [0.15, 0.2) is 48.5 Å². The van der Waals surface area contributed by atoms with Crippen molar-refractivity contribution in [2.75, 3.05) is 0 Å². The summed E-state index contributed by atoms with van der Waals surface area (Å²) in [6.07, 6.45) is 0. The predicted octanol–water partition coefficient (Wildman–Crippen LogP) is 4.84. The molecule has 0 heterocycles. The van der Waals surface area contributed by atoms with Crippen molar-refractivity contribution in [2.24, 2.45) is 0 Å². The maximum Gasteiger partial charge on any atom is 0.324 e. The summed E-state index contributed by atoms with van der Waals surface area (Å²) >= 11 is 12.1. The molecule has 0 aliphatic rings. The van der Waals surface area contributed by atoms with Crippen LogP contribution in [0.25, 0.3) is 11.1 Å². The minimum absolute atomic E-state index is 0. The molecule has 92 valence electrons. The van der Waals surface area contributed by atoms with Crippen molar-refractivity contribution in [1.82, 2.24) is 0 Å². The summed E-state index contributed by atoms with van der Waals surface area (Å²) in [5.41, 5.74) is 1.94.